The summed E-state index contributed by atoms with van der Waals surface area (Å²) in [6.45, 7) is 5.53. The largest absolute Gasteiger partial charge is 0.478 e. The van der Waals surface area contributed by atoms with Gasteiger partial charge in [-0.3, -0.25) is 9.48 Å². The van der Waals surface area contributed by atoms with Crippen molar-refractivity contribution >= 4 is 11.9 Å². The van der Waals surface area contributed by atoms with Gasteiger partial charge in [-0.15, -0.1) is 0 Å². The molecule has 1 aromatic carbocycles. The molecule has 6 heteroatoms. The Kier molecular flexibility index (Phi) is 5.63. The van der Waals surface area contributed by atoms with Crippen molar-refractivity contribution in [3.05, 3.63) is 52.3 Å². The number of piperidine rings is 1. The van der Waals surface area contributed by atoms with Gasteiger partial charge in [-0.1, -0.05) is 12.1 Å². The fourth-order valence-corrected chi connectivity index (χ4v) is 3.94. The summed E-state index contributed by atoms with van der Waals surface area (Å²) in [6, 6.07) is 7.05. The van der Waals surface area contributed by atoms with Crippen molar-refractivity contribution in [3.8, 4) is 0 Å². The smallest absolute Gasteiger partial charge is 0.335 e. The Morgan fingerprint density at radius 3 is 2.52 bits per heavy atom. The second-order valence-corrected chi connectivity index (χ2v) is 7.38. The number of aryl methyl sites for hydroxylation is 2. The van der Waals surface area contributed by atoms with Gasteiger partial charge >= 0.3 is 5.97 Å². The molecule has 1 atom stereocenters. The number of carbonyl (C=O) groups is 2. The number of nitrogens with zero attached hydrogens (tertiary/aromatic N) is 3. The minimum absolute atomic E-state index is 0.185. The van der Waals surface area contributed by atoms with Gasteiger partial charge in [-0.05, 0) is 56.4 Å². The number of aromatic nitrogens is 2. The van der Waals surface area contributed by atoms with Crippen molar-refractivity contribution in [1.29, 1.82) is 0 Å². The number of carbonyl (C=O) groups excluding carboxylic acids is 1. The van der Waals surface area contributed by atoms with Crippen molar-refractivity contribution in [3.63, 3.8) is 0 Å². The fourth-order valence-electron chi connectivity index (χ4n) is 3.94. The number of likely N-dealkylation sites (tertiary alicyclic amines) is 1. The van der Waals surface area contributed by atoms with Crippen LogP contribution in [0.3, 0.4) is 0 Å². The third-order valence-corrected chi connectivity index (χ3v) is 5.65. The zero-order chi connectivity index (χ0) is 19.6. The summed E-state index contributed by atoms with van der Waals surface area (Å²) in [7, 11) is 1.93. The van der Waals surface area contributed by atoms with Gasteiger partial charge in [0.15, 0.2) is 0 Å². The lowest BCUT2D eigenvalue weighted by Crippen LogP contribution is -2.39. The first-order chi connectivity index (χ1) is 12.9. The van der Waals surface area contributed by atoms with Crippen molar-refractivity contribution in [2.24, 2.45) is 7.05 Å². The van der Waals surface area contributed by atoms with Crippen LogP contribution in [-0.4, -0.2) is 44.8 Å². The van der Waals surface area contributed by atoms with Crippen LogP contribution in [-0.2, 0) is 18.3 Å². The Bertz CT molecular complexity index is 839. The maximum absolute atomic E-state index is 12.7. The molecule has 1 N–H and O–H groups in total. The Morgan fingerprint density at radius 1 is 1.22 bits per heavy atom. The third kappa shape index (κ3) is 4.21. The molecule has 27 heavy (non-hydrogen) atoms. The molecule has 1 aliphatic rings. The van der Waals surface area contributed by atoms with E-state index in [-0.39, 0.29) is 11.8 Å². The van der Waals surface area contributed by atoms with Crippen LogP contribution in [0.15, 0.2) is 24.3 Å². The number of hydrogen-bond donors (Lipinski definition) is 1. The lowest BCUT2D eigenvalue weighted by atomic mass is 9.90. The summed E-state index contributed by atoms with van der Waals surface area (Å²) in [5.41, 5.74) is 4.69. The molecule has 1 saturated heterocycles. The first-order valence-corrected chi connectivity index (χ1v) is 9.47. The highest BCUT2D eigenvalue weighted by Crippen LogP contribution is 2.28. The number of benzene rings is 1. The SMILES string of the molecule is Cc1nn(C)c(C)c1CCC(=O)N1CCC[C@H](c2ccc(C(=O)O)cc2)C1. The second kappa shape index (κ2) is 7.94. The van der Waals surface area contributed by atoms with Crippen LogP contribution in [0.1, 0.15) is 58.1 Å². The van der Waals surface area contributed by atoms with E-state index < -0.39 is 5.97 Å². The first-order valence-electron chi connectivity index (χ1n) is 9.47. The van der Waals surface area contributed by atoms with Gasteiger partial charge < -0.3 is 10.0 Å². The Balaban J connectivity index is 1.61. The average molecular weight is 369 g/mol. The number of aromatic carboxylic acids is 1. The topological polar surface area (TPSA) is 75.4 Å². The number of amides is 1. The predicted octanol–water partition coefficient (Wildman–Crippen LogP) is 3.07. The van der Waals surface area contributed by atoms with Crippen LogP contribution in [0, 0.1) is 13.8 Å². The van der Waals surface area contributed by atoms with Crippen LogP contribution >= 0.6 is 0 Å². The molecule has 6 nitrogen and oxygen atoms in total. The molecule has 1 fully saturated rings. The van der Waals surface area contributed by atoms with Gasteiger partial charge in [0.1, 0.15) is 0 Å². The lowest BCUT2D eigenvalue weighted by Gasteiger charge is -2.33. The Morgan fingerprint density at radius 2 is 1.93 bits per heavy atom. The van der Waals surface area contributed by atoms with E-state index in [1.165, 1.54) is 5.56 Å². The molecule has 3 rings (SSSR count). The van der Waals surface area contributed by atoms with Gasteiger partial charge in [0.25, 0.3) is 0 Å². The van der Waals surface area contributed by atoms with E-state index >= 15 is 0 Å². The molecule has 1 amide bonds. The second-order valence-electron chi connectivity index (χ2n) is 7.38. The summed E-state index contributed by atoms with van der Waals surface area (Å²) >= 11 is 0. The third-order valence-electron chi connectivity index (χ3n) is 5.65. The first kappa shape index (κ1) is 19.1. The van der Waals surface area contributed by atoms with E-state index in [1.807, 2.05) is 42.6 Å². The molecule has 0 aliphatic carbocycles. The molecule has 144 valence electrons. The zero-order valence-electron chi connectivity index (χ0n) is 16.2. The van der Waals surface area contributed by atoms with Crippen molar-refractivity contribution in [2.45, 2.75) is 45.4 Å². The van der Waals surface area contributed by atoms with Crippen LogP contribution in [0.5, 0.6) is 0 Å². The van der Waals surface area contributed by atoms with E-state index in [4.69, 9.17) is 5.11 Å². The van der Waals surface area contributed by atoms with Crippen molar-refractivity contribution in [1.82, 2.24) is 14.7 Å². The molecule has 1 aromatic heterocycles. The Labute approximate surface area is 159 Å². The molecule has 0 spiro atoms. The van der Waals surface area contributed by atoms with Crippen LogP contribution < -0.4 is 0 Å². The minimum Gasteiger partial charge on any atom is -0.478 e. The molecule has 1 aliphatic heterocycles. The average Bonchev–Trinajstić information content (AvgIpc) is 2.91. The number of carboxylic acids is 1. The van der Waals surface area contributed by atoms with E-state index in [1.54, 1.807) is 12.1 Å². The van der Waals surface area contributed by atoms with Gasteiger partial charge in [-0.25, -0.2) is 4.79 Å². The molecular weight excluding hydrogens is 342 g/mol. The van der Waals surface area contributed by atoms with E-state index in [2.05, 4.69) is 5.10 Å². The van der Waals surface area contributed by atoms with Gasteiger partial charge in [0.2, 0.25) is 5.91 Å². The normalized spacial score (nSPS) is 17.1. The standard InChI is InChI=1S/C21H27N3O3/c1-14-19(15(2)23(3)22-14)10-11-20(25)24-12-4-5-18(13-24)16-6-8-17(9-7-16)21(26)27/h6-9,18H,4-5,10-13H2,1-3H3,(H,26,27)/t18-/m0/s1. The summed E-state index contributed by atoms with van der Waals surface area (Å²) in [4.78, 5) is 25.7. The summed E-state index contributed by atoms with van der Waals surface area (Å²) in [6.07, 6.45) is 3.22. The molecule has 0 saturated carbocycles. The minimum atomic E-state index is -0.914. The van der Waals surface area contributed by atoms with E-state index in [0.29, 0.717) is 18.5 Å². The maximum Gasteiger partial charge on any atom is 0.335 e. The predicted molar refractivity (Wildman–Crippen MR) is 103 cm³/mol. The fraction of sp³-hybridized carbons (Fsp3) is 0.476. The molecule has 0 unspecified atom stereocenters. The maximum atomic E-state index is 12.7. The highest BCUT2D eigenvalue weighted by molar-refractivity contribution is 5.87. The van der Waals surface area contributed by atoms with Gasteiger partial charge in [-0.2, -0.15) is 5.10 Å². The number of carboxylic acid groups (broad SMARTS) is 1. The highest BCUT2D eigenvalue weighted by Gasteiger charge is 2.25. The van der Waals surface area contributed by atoms with Gasteiger partial charge in [0, 0.05) is 38.2 Å². The van der Waals surface area contributed by atoms with E-state index in [0.717, 1.165) is 42.8 Å². The van der Waals surface area contributed by atoms with Crippen LogP contribution in [0.2, 0.25) is 0 Å². The summed E-state index contributed by atoms with van der Waals surface area (Å²) < 4.78 is 1.87. The molecule has 2 aromatic rings. The van der Waals surface area contributed by atoms with Crippen molar-refractivity contribution in [2.75, 3.05) is 13.1 Å². The zero-order valence-corrected chi connectivity index (χ0v) is 16.2. The summed E-state index contributed by atoms with van der Waals surface area (Å²) in [5.74, 6) is -0.458. The van der Waals surface area contributed by atoms with Crippen LogP contribution in [0.4, 0.5) is 0 Å². The quantitative estimate of drug-likeness (QED) is 0.879. The monoisotopic (exact) mass is 369 g/mol. The Hall–Kier alpha value is -2.63. The van der Waals surface area contributed by atoms with Crippen LogP contribution in [0.25, 0.3) is 0 Å². The van der Waals surface area contributed by atoms with Gasteiger partial charge in [0.05, 0.1) is 11.3 Å². The summed E-state index contributed by atoms with van der Waals surface area (Å²) in [5, 5.41) is 13.5. The highest BCUT2D eigenvalue weighted by atomic mass is 16.4. The molecular formula is C21H27N3O3. The molecule has 0 radical (unpaired) electrons. The molecule has 0 bridgehead atoms. The number of hydrogen-bond acceptors (Lipinski definition) is 3. The number of rotatable bonds is 5. The lowest BCUT2D eigenvalue weighted by molar-refractivity contribution is -0.132. The van der Waals surface area contributed by atoms with Crippen molar-refractivity contribution < 1.29 is 14.7 Å². The van der Waals surface area contributed by atoms with E-state index in [9.17, 15) is 9.59 Å². The molecule has 2 heterocycles.